The summed E-state index contributed by atoms with van der Waals surface area (Å²) in [4.78, 5) is 27.2. The summed E-state index contributed by atoms with van der Waals surface area (Å²) < 4.78 is 10.6. The Balaban J connectivity index is 1.43. The largest absolute Gasteiger partial charge is 0.445 e. The average Bonchev–Trinajstić information content (AvgIpc) is 3.16. The number of amides is 2. The lowest BCUT2D eigenvalue weighted by Gasteiger charge is -2.18. The summed E-state index contributed by atoms with van der Waals surface area (Å²) in [7, 11) is 0. The van der Waals surface area contributed by atoms with E-state index >= 15 is 0 Å². The van der Waals surface area contributed by atoms with Crippen LogP contribution in [-0.2, 0) is 22.7 Å². The molecule has 2 aromatic carbocycles. The molecule has 0 atom stereocenters. The zero-order valence-corrected chi connectivity index (χ0v) is 13.8. The second-order valence-electron chi connectivity index (χ2n) is 5.75. The molecule has 2 aromatic rings. The molecule has 0 N–H and O–H groups in total. The molecule has 0 spiro atoms. The van der Waals surface area contributed by atoms with Gasteiger partial charge in [-0.3, -0.25) is 9.80 Å². The standard InChI is InChI=1S/C19H20N2O4/c22-18(24-13-16-7-3-1-4-8-16)20-11-12-21(15-20)19(23)25-14-17-9-5-2-6-10-17/h1-10H,11-15H2. The summed E-state index contributed by atoms with van der Waals surface area (Å²) in [5.41, 5.74) is 1.85. The molecule has 0 radical (unpaired) electrons. The van der Waals surface area contributed by atoms with Crippen LogP contribution in [-0.4, -0.2) is 41.7 Å². The molecule has 1 fully saturated rings. The number of hydrogen-bond donors (Lipinski definition) is 0. The zero-order chi connectivity index (χ0) is 17.5. The molecule has 1 saturated heterocycles. The Hall–Kier alpha value is -3.02. The third-order valence-corrected chi connectivity index (χ3v) is 3.91. The molecule has 130 valence electrons. The molecule has 1 aliphatic heterocycles. The van der Waals surface area contributed by atoms with E-state index in [1.165, 1.54) is 9.80 Å². The van der Waals surface area contributed by atoms with Gasteiger partial charge in [0, 0.05) is 13.1 Å². The predicted molar refractivity (Wildman–Crippen MR) is 91.5 cm³/mol. The molecule has 0 unspecified atom stereocenters. The van der Waals surface area contributed by atoms with E-state index in [0.29, 0.717) is 13.1 Å². The Morgan fingerprint density at radius 2 is 1.12 bits per heavy atom. The fourth-order valence-electron chi connectivity index (χ4n) is 2.51. The molecule has 25 heavy (non-hydrogen) atoms. The molecule has 0 saturated carbocycles. The van der Waals surface area contributed by atoms with Crippen LogP contribution >= 0.6 is 0 Å². The molecular formula is C19H20N2O4. The second kappa shape index (κ2) is 8.19. The van der Waals surface area contributed by atoms with Crippen LogP contribution in [0.5, 0.6) is 0 Å². The van der Waals surface area contributed by atoms with Crippen LogP contribution < -0.4 is 0 Å². The molecule has 1 heterocycles. The Morgan fingerprint density at radius 3 is 1.52 bits per heavy atom. The molecule has 0 aromatic heterocycles. The van der Waals surface area contributed by atoms with Crippen LogP contribution in [0.1, 0.15) is 11.1 Å². The fourth-order valence-corrected chi connectivity index (χ4v) is 2.51. The summed E-state index contributed by atoms with van der Waals surface area (Å²) in [6, 6.07) is 19.0. The van der Waals surface area contributed by atoms with E-state index in [0.717, 1.165) is 11.1 Å². The lowest BCUT2D eigenvalue weighted by molar-refractivity contribution is 0.0848. The summed E-state index contributed by atoms with van der Waals surface area (Å²) in [5, 5.41) is 0. The summed E-state index contributed by atoms with van der Waals surface area (Å²) in [6.07, 6.45) is -0.857. The third kappa shape index (κ3) is 4.73. The van der Waals surface area contributed by atoms with Crippen molar-refractivity contribution >= 4 is 12.2 Å². The van der Waals surface area contributed by atoms with Gasteiger partial charge in [0.05, 0.1) is 0 Å². The molecule has 6 nitrogen and oxygen atoms in total. The highest BCUT2D eigenvalue weighted by Crippen LogP contribution is 2.11. The maximum absolute atomic E-state index is 12.1. The highest BCUT2D eigenvalue weighted by Gasteiger charge is 2.29. The number of rotatable bonds is 4. The minimum Gasteiger partial charge on any atom is -0.445 e. The first-order chi connectivity index (χ1) is 12.2. The van der Waals surface area contributed by atoms with E-state index in [4.69, 9.17) is 9.47 Å². The van der Waals surface area contributed by atoms with Crippen molar-refractivity contribution in [3.05, 3.63) is 71.8 Å². The minimum absolute atomic E-state index is 0.182. The van der Waals surface area contributed by atoms with Crippen LogP contribution in [0.15, 0.2) is 60.7 Å². The lowest BCUT2D eigenvalue weighted by Crippen LogP contribution is -2.34. The maximum Gasteiger partial charge on any atom is 0.411 e. The summed E-state index contributed by atoms with van der Waals surface area (Å²) >= 11 is 0. The van der Waals surface area contributed by atoms with Crippen LogP contribution in [0.3, 0.4) is 0 Å². The number of hydrogen-bond acceptors (Lipinski definition) is 4. The van der Waals surface area contributed by atoms with Gasteiger partial charge in [-0.2, -0.15) is 0 Å². The van der Waals surface area contributed by atoms with Crippen LogP contribution in [0.2, 0.25) is 0 Å². The van der Waals surface area contributed by atoms with E-state index < -0.39 is 12.2 Å². The van der Waals surface area contributed by atoms with E-state index in [1.807, 2.05) is 60.7 Å². The van der Waals surface area contributed by atoms with Crippen molar-refractivity contribution in [2.75, 3.05) is 19.8 Å². The van der Waals surface area contributed by atoms with E-state index in [2.05, 4.69) is 0 Å². The van der Waals surface area contributed by atoms with Crippen LogP contribution in [0.4, 0.5) is 9.59 Å². The first kappa shape index (κ1) is 16.8. The van der Waals surface area contributed by atoms with Crippen molar-refractivity contribution in [1.82, 2.24) is 9.80 Å². The van der Waals surface area contributed by atoms with Gasteiger partial charge in [-0.15, -0.1) is 0 Å². The molecule has 0 bridgehead atoms. The molecule has 3 rings (SSSR count). The molecule has 6 heteroatoms. The van der Waals surface area contributed by atoms with Crippen molar-refractivity contribution < 1.29 is 19.1 Å². The van der Waals surface area contributed by atoms with Crippen molar-refractivity contribution in [3.63, 3.8) is 0 Å². The van der Waals surface area contributed by atoms with Crippen molar-refractivity contribution in [2.45, 2.75) is 13.2 Å². The number of carbonyl (C=O) groups excluding carboxylic acids is 2. The van der Waals surface area contributed by atoms with E-state index in [-0.39, 0.29) is 19.9 Å². The van der Waals surface area contributed by atoms with Gasteiger partial charge < -0.3 is 9.47 Å². The van der Waals surface area contributed by atoms with Crippen molar-refractivity contribution in [2.24, 2.45) is 0 Å². The quantitative estimate of drug-likeness (QED) is 0.857. The summed E-state index contributed by atoms with van der Waals surface area (Å²) in [5.74, 6) is 0. The number of nitrogens with zero attached hydrogens (tertiary/aromatic N) is 2. The zero-order valence-electron chi connectivity index (χ0n) is 13.8. The smallest absolute Gasteiger partial charge is 0.411 e. The first-order valence-electron chi connectivity index (χ1n) is 8.13. The highest BCUT2D eigenvalue weighted by molar-refractivity contribution is 5.72. The van der Waals surface area contributed by atoms with Crippen LogP contribution in [0.25, 0.3) is 0 Å². The van der Waals surface area contributed by atoms with Gasteiger partial charge in [-0.05, 0) is 11.1 Å². The van der Waals surface area contributed by atoms with Crippen LogP contribution in [0, 0.1) is 0 Å². The van der Waals surface area contributed by atoms with Gasteiger partial charge >= 0.3 is 12.2 Å². The average molecular weight is 340 g/mol. The maximum atomic E-state index is 12.1. The summed E-state index contributed by atoms with van der Waals surface area (Å²) in [6.45, 7) is 1.49. The van der Waals surface area contributed by atoms with E-state index in [1.54, 1.807) is 0 Å². The SMILES string of the molecule is O=C(OCc1ccccc1)N1CCN(C(=O)OCc2ccccc2)C1. The van der Waals surface area contributed by atoms with Gasteiger partial charge in [0.1, 0.15) is 19.9 Å². The second-order valence-corrected chi connectivity index (χ2v) is 5.75. The number of ether oxygens (including phenoxy) is 2. The van der Waals surface area contributed by atoms with Gasteiger partial charge in [-0.25, -0.2) is 9.59 Å². The molecule has 0 aliphatic carbocycles. The van der Waals surface area contributed by atoms with Crippen molar-refractivity contribution in [1.29, 1.82) is 0 Å². The normalized spacial score (nSPS) is 13.6. The third-order valence-electron chi connectivity index (χ3n) is 3.91. The Morgan fingerprint density at radius 1 is 0.720 bits per heavy atom. The topological polar surface area (TPSA) is 59.1 Å². The minimum atomic E-state index is -0.429. The Kier molecular flexibility index (Phi) is 5.51. The predicted octanol–water partition coefficient (Wildman–Crippen LogP) is 3.24. The number of benzene rings is 2. The Bertz CT molecular complexity index is 644. The first-order valence-corrected chi connectivity index (χ1v) is 8.13. The van der Waals surface area contributed by atoms with E-state index in [9.17, 15) is 9.59 Å². The Labute approximate surface area is 146 Å². The highest BCUT2D eigenvalue weighted by atomic mass is 16.6. The monoisotopic (exact) mass is 340 g/mol. The van der Waals surface area contributed by atoms with Crippen molar-refractivity contribution in [3.8, 4) is 0 Å². The molecule has 2 amide bonds. The lowest BCUT2D eigenvalue weighted by atomic mass is 10.2. The van der Waals surface area contributed by atoms with Gasteiger partial charge in [0.15, 0.2) is 0 Å². The van der Waals surface area contributed by atoms with Gasteiger partial charge in [-0.1, -0.05) is 60.7 Å². The molecule has 1 aliphatic rings. The van der Waals surface area contributed by atoms with Gasteiger partial charge in [0.25, 0.3) is 0 Å². The van der Waals surface area contributed by atoms with Gasteiger partial charge in [0.2, 0.25) is 0 Å². The molecular weight excluding hydrogens is 320 g/mol. The fraction of sp³-hybridized carbons (Fsp3) is 0.263. The number of carbonyl (C=O) groups is 2.